The highest BCUT2D eigenvalue weighted by Gasteiger charge is 2.15. The first-order valence-electron chi connectivity index (χ1n) is 6.66. The summed E-state index contributed by atoms with van der Waals surface area (Å²) >= 11 is 0. The predicted molar refractivity (Wildman–Crippen MR) is 77.4 cm³/mol. The Kier molecular flexibility index (Phi) is 4.71. The molecule has 1 heterocycles. The Labute approximate surface area is 122 Å². The van der Waals surface area contributed by atoms with Gasteiger partial charge in [-0.15, -0.1) is 0 Å². The third kappa shape index (κ3) is 3.92. The molecule has 21 heavy (non-hydrogen) atoms. The molecule has 0 atom stereocenters. The van der Waals surface area contributed by atoms with E-state index in [2.05, 4.69) is 5.10 Å². The summed E-state index contributed by atoms with van der Waals surface area (Å²) in [7, 11) is 1.64. The lowest BCUT2D eigenvalue weighted by atomic mass is 10.3. The maximum Gasteiger partial charge on any atom is 0.303 e. The maximum absolute atomic E-state index is 12.2. The van der Waals surface area contributed by atoms with Crippen molar-refractivity contribution >= 4 is 11.9 Å². The molecule has 6 nitrogen and oxygen atoms in total. The molecule has 1 aromatic carbocycles. The van der Waals surface area contributed by atoms with Gasteiger partial charge < -0.3 is 10.0 Å². The molecule has 0 aliphatic carbocycles. The van der Waals surface area contributed by atoms with Crippen LogP contribution in [0, 0.1) is 0 Å². The van der Waals surface area contributed by atoms with Crippen molar-refractivity contribution in [1.29, 1.82) is 0 Å². The number of carboxylic acid groups (broad SMARTS) is 1. The number of carbonyl (C=O) groups excluding carboxylic acids is 1. The van der Waals surface area contributed by atoms with Crippen LogP contribution in [0.2, 0.25) is 0 Å². The molecular weight excluding hydrogens is 270 g/mol. The van der Waals surface area contributed by atoms with Gasteiger partial charge in [-0.1, -0.05) is 18.2 Å². The van der Waals surface area contributed by atoms with Gasteiger partial charge in [0.25, 0.3) is 5.91 Å². The molecule has 110 valence electrons. The van der Waals surface area contributed by atoms with Gasteiger partial charge in [0.1, 0.15) is 0 Å². The Bertz CT molecular complexity index is 622. The highest BCUT2D eigenvalue weighted by atomic mass is 16.4. The number of rotatable bonds is 6. The molecule has 0 saturated heterocycles. The lowest BCUT2D eigenvalue weighted by Gasteiger charge is -2.14. The van der Waals surface area contributed by atoms with Gasteiger partial charge in [-0.2, -0.15) is 5.10 Å². The van der Waals surface area contributed by atoms with Crippen LogP contribution in [-0.2, 0) is 4.79 Å². The monoisotopic (exact) mass is 287 g/mol. The average molecular weight is 287 g/mol. The van der Waals surface area contributed by atoms with E-state index < -0.39 is 5.97 Å². The molecule has 2 rings (SSSR count). The number of nitrogens with zero attached hydrogens (tertiary/aromatic N) is 3. The molecule has 0 unspecified atom stereocenters. The average Bonchev–Trinajstić information content (AvgIpc) is 2.96. The summed E-state index contributed by atoms with van der Waals surface area (Å²) in [5.74, 6) is -1.07. The van der Waals surface area contributed by atoms with Crippen molar-refractivity contribution in [3.05, 3.63) is 48.3 Å². The second kappa shape index (κ2) is 6.69. The zero-order valence-corrected chi connectivity index (χ0v) is 11.8. The topological polar surface area (TPSA) is 75.4 Å². The number of aromatic nitrogens is 2. The van der Waals surface area contributed by atoms with Crippen molar-refractivity contribution in [2.45, 2.75) is 12.8 Å². The van der Waals surface area contributed by atoms with Crippen LogP contribution in [-0.4, -0.2) is 45.3 Å². The number of carbonyl (C=O) groups is 2. The van der Waals surface area contributed by atoms with Crippen molar-refractivity contribution in [3.8, 4) is 5.69 Å². The number of carboxylic acids is 1. The van der Waals surface area contributed by atoms with Gasteiger partial charge in [-0.25, -0.2) is 4.68 Å². The summed E-state index contributed by atoms with van der Waals surface area (Å²) in [6.45, 7) is 0.392. The Morgan fingerprint density at radius 3 is 2.62 bits per heavy atom. The van der Waals surface area contributed by atoms with Crippen LogP contribution in [0.3, 0.4) is 0 Å². The van der Waals surface area contributed by atoms with Crippen LogP contribution in [0.15, 0.2) is 42.6 Å². The quantitative estimate of drug-likeness (QED) is 0.879. The van der Waals surface area contributed by atoms with Gasteiger partial charge in [-0.3, -0.25) is 9.59 Å². The highest BCUT2D eigenvalue weighted by molar-refractivity contribution is 5.92. The Morgan fingerprint density at radius 1 is 1.24 bits per heavy atom. The Hall–Kier alpha value is -2.63. The van der Waals surface area contributed by atoms with E-state index in [1.807, 2.05) is 30.3 Å². The van der Waals surface area contributed by atoms with Crippen molar-refractivity contribution in [2.75, 3.05) is 13.6 Å². The standard InChI is InChI=1S/C15H17N3O3/c1-17(10-5-8-14(19)20)15(21)13-9-11-18(16-13)12-6-3-2-4-7-12/h2-4,6-7,9,11H,5,8,10H2,1H3,(H,19,20). The van der Waals surface area contributed by atoms with Crippen molar-refractivity contribution in [2.24, 2.45) is 0 Å². The molecule has 6 heteroatoms. The van der Waals surface area contributed by atoms with Crippen molar-refractivity contribution in [1.82, 2.24) is 14.7 Å². The highest BCUT2D eigenvalue weighted by Crippen LogP contribution is 2.08. The van der Waals surface area contributed by atoms with Gasteiger partial charge in [0, 0.05) is 26.2 Å². The summed E-state index contributed by atoms with van der Waals surface area (Å²) in [6, 6.07) is 11.2. The number of hydrogen-bond donors (Lipinski definition) is 1. The summed E-state index contributed by atoms with van der Waals surface area (Å²) in [5.41, 5.74) is 1.22. The lowest BCUT2D eigenvalue weighted by molar-refractivity contribution is -0.137. The number of benzene rings is 1. The van der Waals surface area contributed by atoms with E-state index in [1.54, 1.807) is 24.0 Å². The fraction of sp³-hybridized carbons (Fsp3) is 0.267. The molecule has 0 spiro atoms. The largest absolute Gasteiger partial charge is 0.481 e. The SMILES string of the molecule is CN(CCCC(=O)O)C(=O)c1ccn(-c2ccccc2)n1. The van der Waals surface area contributed by atoms with Crippen LogP contribution in [0.5, 0.6) is 0 Å². The lowest BCUT2D eigenvalue weighted by Crippen LogP contribution is -2.28. The summed E-state index contributed by atoms with van der Waals surface area (Å²) < 4.78 is 1.64. The Morgan fingerprint density at radius 2 is 1.95 bits per heavy atom. The van der Waals surface area contributed by atoms with E-state index in [-0.39, 0.29) is 12.3 Å². The summed E-state index contributed by atoms with van der Waals surface area (Å²) in [6.07, 6.45) is 2.21. The van der Waals surface area contributed by atoms with Crippen LogP contribution >= 0.6 is 0 Å². The molecule has 0 radical (unpaired) electrons. The van der Waals surface area contributed by atoms with Crippen LogP contribution in [0.25, 0.3) is 5.69 Å². The molecule has 2 aromatic rings. The molecule has 0 aliphatic heterocycles. The van der Waals surface area contributed by atoms with Crippen LogP contribution in [0.1, 0.15) is 23.3 Å². The zero-order chi connectivity index (χ0) is 15.2. The number of aliphatic carboxylic acids is 1. The third-order valence-corrected chi connectivity index (χ3v) is 3.06. The van der Waals surface area contributed by atoms with Crippen molar-refractivity contribution < 1.29 is 14.7 Å². The minimum Gasteiger partial charge on any atom is -0.481 e. The summed E-state index contributed by atoms with van der Waals surface area (Å²) in [5, 5.41) is 12.8. The minimum atomic E-state index is -0.857. The van der Waals surface area contributed by atoms with E-state index in [9.17, 15) is 9.59 Å². The van der Waals surface area contributed by atoms with Crippen LogP contribution in [0.4, 0.5) is 0 Å². The first-order chi connectivity index (χ1) is 10.1. The number of hydrogen-bond acceptors (Lipinski definition) is 3. The Balaban J connectivity index is 2.00. The number of amides is 1. The second-order valence-electron chi connectivity index (χ2n) is 4.71. The maximum atomic E-state index is 12.2. The van der Waals surface area contributed by atoms with E-state index in [0.29, 0.717) is 18.7 Å². The van der Waals surface area contributed by atoms with Gasteiger partial charge in [0.05, 0.1) is 5.69 Å². The predicted octanol–water partition coefficient (Wildman–Crippen LogP) is 1.81. The molecule has 1 aromatic heterocycles. The van der Waals surface area contributed by atoms with Gasteiger partial charge in [-0.05, 0) is 24.6 Å². The van der Waals surface area contributed by atoms with Gasteiger partial charge >= 0.3 is 5.97 Å². The summed E-state index contributed by atoms with van der Waals surface area (Å²) in [4.78, 5) is 24.1. The van der Waals surface area contributed by atoms with Gasteiger partial charge in [0.2, 0.25) is 0 Å². The fourth-order valence-corrected chi connectivity index (χ4v) is 1.93. The van der Waals surface area contributed by atoms with E-state index >= 15 is 0 Å². The smallest absolute Gasteiger partial charge is 0.303 e. The third-order valence-electron chi connectivity index (χ3n) is 3.06. The second-order valence-corrected chi connectivity index (χ2v) is 4.71. The van der Waals surface area contributed by atoms with E-state index in [1.165, 1.54) is 4.90 Å². The molecule has 1 N–H and O–H groups in total. The molecule has 0 saturated carbocycles. The minimum absolute atomic E-state index is 0.0517. The normalized spacial score (nSPS) is 10.3. The molecular formula is C15H17N3O3. The molecule has 0 bridgehead atoms. The number of para-hydroxylation sites is 1. The molecule has 1 amide bonds. The van der Waals surface area contributed by atoms with E-state index in [4.69, 9.17) is 5.11 Å². The molecule has 0 fully saturated rings. The van der Waals surface area contributed by atoms with Crippen molar-refractivity contribution in [3.63, 3.8) is 0 Å². The molecule has 0 aliphatic rings. The van der Waals surface area contributed by atoms with E-state index in [0.717, 1.165) is 5.69 Å². The van der Waals surface area contributed by atoms with Crippen LogP contribution < -0.4 is 0 Å². The zero-order valence-electron chi connectivity index (χ0n) is 11.8. The fourth-order valence-electron chi connectivity index (χ4n) is 1.93. The first kappa shape index (κ1) is 14.8. The first-order valence-corrected chi connectivity index (χ1v) is 6.66. The van der Waals surface area contributed by atoms with Gasteiger partial charge in [0.15, 0.2) is 5.69 Å².